The van der Waals surface area contributed by atoms with Gasteiger partial charge in [-0.15, -0.1) is 0 Å². The normalized spacial score (nSPS) is 13.6. The Morgan fingerprint density at radius 3 is 2.55 bits per heavy atom. The van der Waals surface area contributed by atoms with Crippen molar-refractivity contribution in [1.29, 1.82) is 0 Å². The van der Waals surface area contributed by atoms with E-state index in [0.717, 1.165) is 11.3 Å². The van der Waals surface area contributed by atoms with E-state index in [1.54, 1.807) is 13.3 Å². The van der Waals surface area contributed by atoms with E-state index in [-0.39, 0.29) is 12.1 Å². The molecule has 106 valence electrons. The summed E-state index contributed by atoms with van der Waals surface area (Å²) in [5.74, 6) is 1.37. The number of ether oxygens (including phenoxy) is 2. The predicted octanol–water partition coefficient (Wildman–Crippen LogP) is 2.87. The number of methoxy groups -OCH3 is 1. The minimum absolute atomic E-state index is 0.184. The van der Waals surface area contributed by atoms with E-state index >= 15 is 0 Å². The molecule has 2 atom stereocenters. The molecule has 1 aromatic heterocycles. The van der Waals surface area contributed by atoms with Crippen LogP contribution in [0.2, 0.25) is 0 Å². The minimum atomic E-state index is -0.312. The summed E-state index contributed by atoms with van der Waals surface area (Å²) in [5.41, 5.74) is 7.96. The van der Waals surface area contributed by atoms with Crippen molar-refractivity contribution in [2.75, 3.05) is 7.11 Å². The summed E-state index contributed by atoms with van der Waals surface area (Å²) >= 11 is 0. The van der Waals surface area contributed by atoms with E-state index in [9.17, 15) is 0 Å². The molecule has 0 saturated carbocycles. The molecule has 0 spiro atoms. The Morgan fingerprint density at radius 1 is 1.15 bits per heavy atom. The Labute approximate surface area is 119 Å². The van der Waals surface area contributed by atoms with Gasteiger partial charge in [-0.2, -0.15) is 0 Å². The van der Waals surface area contributed by atoms with Gasteiger partial charge in [-0.1, -0.05) is 12.1 Å². The average Bonchev–Trinajstić information content (AvgIpc) is 2.46. The molecule has 2 rings (SSSR count). The molecule has 2 N–H and O–H groups in total. The van der Waals surface area contributed by atoms with Crippen molar-refractivity contribution < 1.29 is 9.47 Å². The number of rotatable bonds is 5. The van der Waals surface area contributed by atoms with Crippen LogP contribution < -0.4 is 15.2 Å². The van der Waals surface area contributed by atoms with Gasteiger partial charge in [-0.05, 0) is 43.7 Å². The lowest BCUT2D eigenvalue weighted by molar-refractivity contribution is 0.169. The third kappa shape index (κ3) is 3.27. The summed E-state index contributed by atoms with van der Waals surface area (Å²) in [6.45, 7) is 3.91. The number of nitrogens with zero attached hydrogens (tertiary/aromatic N) is 1. The summed E-state index contributed by atoms with van der Waals surface area (Å²) in [6.07, 6.45) is 1.42. The molecule has 2 unspecified atom stereocenters. The number of aromatic nitrogens is 1. The highest BCUT2D eigenvalue weighted by Gasteiger charge is 2.21. The Balaban J connectivity index is 2.30. The van der Waals surface area contributed by atoms with Crippen LogP contribution in [-0.2, 0) is 0 Å². The largest absolute Gasteiger partial charge is 0.493 e. The third-order valence-corrected chi connectivity index (χ3v) is 3.03. The van der Waals surface area contributed by atoms with Crippen LogP contribution in [0.1, 0.15) is 24.3 Å². The number of aryl methyl sites for hydroxylation is 1. The average molecular weight is 272 g/mol. The second-order valence-electron chi connectivity index (χ2n) is 4.81. The van der Waals surface area contributed by atoms with E-state index in [1.807, 2.05) is 50.2 Å². The molecule has 0 radical (unpaired) electrons. The van der Waals surface area contributed by atoms with E-state index in [1.165, 1.54) is 0 Å². The molecule has 1 aromatic carbocycles. The Bertz CT molecular complexity index is 556. The molecule has 0 fully saturated rings. The standard InChI is InChI=1S/C16H20N2O2/c1-11-7-8-14(15(10-11)19-3)20-16(12(2)17)13-6-4-5-9-18-13/h4-10,12,16H,17H2,1-3H3. The van der Waals surface area contributed by atoms with Crippen molar-refractivity contribution >= 4 is 0 Å². The maximum absolute atomic E-state index is 6.03. The quantitative estimate of drug-likeness (QED) is 0.909. The fourth-order valence-corrected chi connectivity index (χ4v) is 1.99. The number of hydrogen-bond donors (Lipinski definition) is 1. The number of hydrogen-bond acceptors (Lipinski definition) is 4. The predicted molar refractivity (Wildman–Crippen MR) is 79.0 cm³/mol. The monoisotopic (exact) mass is 272 g/mol. The van der Waals surface area contributed by atoms with Crippen molar-refractivity contribution in [3.05, 3.63) is 53.9 Å². The van der Waals surface area contributed by atoms with Crippen molar-refractivity contribution in [3.8, 4) is 11.5 Å². The van der Waals surface area contributed by atoms with Crippen LogP contribution in [0.5, 0.6) is 11.5 Å². The van der Waals surface area contributed by atoms with Gasteiger partial charge >= 0.3 is 0 Å². The molecule has 20 heavy (non-hydrogen) atoms. The number of pyridine rings is 1. The molecule has 0 aliphatic heterocycles. The number of nitrogens with two attached hydrogens (primary N) is 1. The molecule has 4 heteroatoms. The molecule has 1 heterocycles. The molecule has 2 aromatic rings. The van der Waals surface area contributed by atoms with Gasteiger partial charge in [0.2, 0.25) is 0 Å². The lowest BCUT2D eigenvalue weighted by atomic mass is 10.1. The molecule has 0 bridgehead atoms. The van der Waals surface area contributed by atoms with Crippen LogP contribution in [0.25, 0.3) is 0 Å². The Kier molecular flexibility index (Phi) is 4.58. The molecular weight excluding hydrogens is 252 g/mol. The van der Waals surface area contributed by atoms with Crippen molar-refractivity contribution in [3.63, 3.8) is 0 Å². The van der Waals surface area contributed by atoms with Gasteiger partial charge in [0.15, 0.2) is 17.6 Å². The van der Waals surface area contributed by atoms with Crippen molar-refractivity contribution in [2.24, 2.45) is 5.73 Å². The van der Waals surface area contributed by atoms with Gasteiger partial charge < -0.3 is 15.2 Å². The van der Waals surface area contributed by atoms with Gasteiger partial charge in [0, 0.05) is 12.2 Å². The first-order valence-electron chi connectivity index (χ1n) is 6.59. The van der Waals surface area contributed by atoms with E-state index < -0.39 is 0 Å². The van der Waals surface area contributed by atoms with Crippen LogP contribution in [0.15, 0.2) is 42.6 Å². The van der Waals surface area contributed by atoms with Crippen LogP contribution in [-0.4, -0.2) is 18.1 Å². The Hall–Kier alpha value is -2.07. The molecular formula is C16H20N2O2. The van der Waals surface area contributed by atoms with E-state index in [2.05, 4.69) is 4.98 Å². The van der Waals surface area contributed by atoms with Crippen LogP contribution >= 0.6 is 0 Å². The van der Waals surface area contributed by atoms with Gasteiger partial charge in [0.25, 0.3) is 0 Å². The fourth-order valence-electron chi connectivity index (χ4n) is 1.99. The fraction of sp³-hybridized carbons (Fsp3) is 0.312. The third-order valence-electron chi connectivity index (χ3n) is 3.03. The lowest BCUT2D eigenvalue weighted by Crippen LogP contribution is -2.29. The van der Waals surface area contributed by atoms with E-state index in [0.29, 0.717) is 11.5 Å². The zero-order valence-electron chi connectivity index (χ0n) is 12.0. The first-order chi connectivity index (χ1) is 9.61. The highest BCUT2D eigenvalue weighted by Crippen LogP contribution is 2.32. The summed E-state index contributed by atoms with van der Waals surface area (Å²) in [5, 5.41) is 0. The Morgan fingerprint density at radius 2 is 1.95 bits per heavy atom. The van der Waals surface area contributed by atoms with E-state index in [4.69, 9.17) is 15.2 Å². The lowest BCUT2D eigenvalue weighted by Gasteiger charge is -2.23. The summed E-state index contributed by atoms with van der Waals surface area (Å²) < 4.78 is 11.4. The number of benzene rings is 1. The van der Waals surface area contributed by atoms with Crippen LogP contribution in [0, 0.1) is 6.92 Å². The second kappa shape index (κ2) is 6.39. The minimum Gasteiger partial charge on any atom is -0.493 e. The first-order valence-corrected chi connectivity index (χ1v) is 6.59. The molecule has 0 saturated heterocycles. The second-order valence-corrected chi connectivity index (χ2v) is 4.81. The van der Waals surface area contributed by atoms with Gasteiger partial charge in [0.1, 0.15) is 0 Å². The maximum atomic E-state index is 6.03. The summed E-state index contributed by atoms with van der Waals surface area (Å²) in [7, 11) is 1.63. The van der Waals surface area contributed by atoms with Crippen LogP contribution in [0.4, 0.5) is 0 Å². The van der Waals surface area contributed by atoms with Crippen molar-refractivity contribution in [2.45, 2.75) is 26.0 Å². The zero-order chi connectivity index (χ0) is 14.5. The smallest absolute Gasteiger partial charge is 0.162 e. The van der Waals surface area contributed by atoms with Crippen LogP contribution in [0.3, 0.4) is 0 Å². The highest BCUT2D eigenvalue weighted by molar-refractivity contribution is 5.43. The molecule has 0 aliphatic rings. The molecule has 0 aliphatic carbocycles. The van der Waals surface area contributed by atoms with Crippen molar-refractivity contribution in [1.82, 2.24) is 4.98 Å². The highest BCUT2D eigenvalue weighted by atomic mass is 16.5. The topological polar surface area (TPSA) is 57.4 Å². The van der Waals surface area contributed by atoms with Gasteiger partial charge in [-0.3, -0.25) is 4.98 Å². The maximum Gasteiger partial charge on any atom is 0.162 e. The first kappa shape index (κ1) is 14.3. The SMILES string of the molecule is COc1cc(C)ccc1OC(c1ccccn1)C(C)N. The summed E-state index contributed by atoms with van der Waals surface area (Å²) in [4.78, 5) is 4.32. The summed E-state index contributed by atoms with van der Waals surface area (Å²) in [6, 6.07) is 11.3. The zero-order valence-corrected chi connectivity index (χ0v) is 12.0. The molecule has 0 amide bonds. The molecule has 4 nitrogen and oxygen atoms in total. The van der Waals surface area contributed by atoms with Gasteiger partial charge in [-0.25, -0.2) is 0 Å². The van der Waals surface area contributed by atoms with Gasteiger partial charge in [0.05, 0.1) is 12.8 Å².